The molecule has 0 unspecified atom stereocenters. The Kier molecular flexibility index (Phi) is 3.22. The molecule has 0 bridgehead atoms. The quantitative estimate of drug-likeness (QED) is 0.791. The largest absolute Gasteiger partial charge is 0.354 e. The van der Waals surface area contributed by atoms with E-state index in [1.165, 1.54) is 6.07 Å². The topological polar surface area (TPSA) is 29.1 Å². The average Bonchev–Trinajstić information content (AvgIpc) is 2.03. The van der Waals surface area contributed by atoms with Crippen molar-refractivity contribution in [2.24, 2.45) is 0 Å². The van der Waals surface area contributed by atoms with E-state index in [2.05, 4.69) is 21.2 Å². The van der Waals surface area contributed by atoms with Gasteiger partial charge in [0.05, 0.1) is 0 Å². The number of hydrogen-bond acceptors (Lipinski definition) is 1. The first-order valence-corrected chi connectivity index (χ1v) is 4.14. The van der Waals surface area contributed by atoms with Gasteiger partial charge in [-0.05, 0) is 12.1 Å². The molecule has 12 heavy (non-hydrogen) atoms. The summed E-state index contributed by atoms with van der Waals surface area (Å²) in [4.78, 5) is 9.91. The fraction of sp³-hybridized carbons (Fsp3) is 0.125. The summed E-state index contributed by atoms with van der Waals surface area (Å²) in [5.41, 5.74) is 0.477. The van der Waals surface area contributed by atoms with Crippen LogP contribution < -0.4 is 5.32 Å². The van der Waals surface area contributed by atoms with E-state index in [0.717, 1.165) is 0 Å². The predicted molar refractivity (Wildman–Crippen MR) is 47.0 cm³/mol. The Hall–Kier alpha value is -0.900. The van der Waals surface area contributed by atoms with Crippen molar-refractivity contribution in [3.05, 3.63) is 34.1 Å². The molecule has 0 spiro atoms. The highest BCUT2D eigenvalue weighted by atomic mass is 79.9. The van der Waals surface area contributed by atoms with Crippen LogP contribution in [0.1, 0.15) is 5.56 Å². The summed E-state index contributed by atoms with van der Waals surface area (Å²) in [6, 6.07) is 4.71. The van der Waals surface area contributed by atoms with Gasteiger partial charge in [0.25, 0.3) is 0 Å². The highest BCUT2D eigenvalue weighted by molar-refractivity contribution is 9.10. The highest BCUT2D eigenvalue weighted by Crippen LogP contribution is 2.14. The zero-order valence-electron chi connectivity index (χ0n) is 6.18. The van der Waals surface area contributed by atoms with Crippen LogP contribution in [0.2, 0.25) is 0 Å². The normalized spacial score (nSPS) is 9.50. The molecule has 0 aliphatic heterocycles. The zero-order valence-corrected chi connectivity index (χ0v) is 7.77. The molecule has 0 saturated carbocycles. The number of halogens is 2. The summed E-state index contributed by atoms with van der Waals surface area (Å²) in [5, 5.41) is 2.39. The van der Waals surface area contributed by atoms with Crippen molar-refractivity contribution in [3.63, 3.8) is 0 Å². The van der Waals surface area contributed by atoms with Gasteiger partial charge in [-0.1, -0.05) is 22.0 Å². The fourth-order valence-electron chi connectivity index (χ4n) is 0.817. The summed E-state index contributed by atoms with van der Waals surface area (Å²) in [5.74, 6) is -0.321. The van der Waals surface area contributed by atoms with Crippen LogP contribution in [0.3, 0.4) is 0 Å². The molecule has 0 atom stereocenters. The number of hydrogen-bond donors (Lipinski definition) is 1. The Morgan fingerprint density at radius 1 is 1.58 bits per heavy atom. The molecular formula is C8H7BrFNO. The van der Waals surface area contributed by atoms with Crippen LogP contribution in [0.25, 0.3) is 0 Å². The van der Waals surface area contributed by atoms with E-state index in [-0.39, 0.29) is 12.4 Å². The monoisotopic (exact) mass is 231 g/mol. The Morgan fingerprint density at radius 3 is 2.92 bits per heavy atom. The number of rotatable bonds is 3. The van der Waals surface area contributed by atoms with Crippen molar-refractivity contribution < 1.29 is 9.18 Å². The van der Waals surface area contributed by atoms with Crippen molar-refractivity contribution in [1.82, 2.24) is 5.32 Å². The SMILES string of the molecule is O=CNCc1ccc(Br)cc1F. The third-order valence-corrected chi connectivity index (χ3v) is 1.88. The Balaban J connectivity index is 2.78. The fourth-order valence-corrected chi connectivity index (χ4v) is 1.15. The van der Waals surface area contributed by atoms with Crippen molar-refractivity contribution in [3.8, 4) is 0 Å². The summed E-state index contributed by atoms with van der Waals surface area (Å²) in [6.45, 7) is 0.225. The molecule has 0 radical (unpaired) electrons. The summed E-state index contributed by atoms with van der Waals surface area (Å²) < 4.78 is 13.7. The summed E-state index contributed by atoms with van der Waals surface area (Å²) >= 11 is 3.13. The van der Waals surface area contributed by atoms with Gasteiger partial charge in [-0.3, -0.25) is 4.79 Å². The first kappa shape index (κ1) is 9.19. The second kappa shape index (κ2) is 4.21. The van der Waals surface area contributed by atoms with Gasteiger partial charge >= 0.3 is 0 Å². The molecule has 1 rings (SSSR count). The Bertz CT molecular complexity index is 290. The molecule has 4 heteroatoms. The molecule has 1 N–H and O–H groups in total. The predicted octanol–water partition coefficient (Wildman–Crippen LogP) is 1.83. The Labute approximate surface area is 77.9 Å². The van der Waals surface area contributed by atoms with Crippen LogP contribution in [0, 0.1) is 5.82 Å². The lowest BCUT2D eigenvalue weighted by atomic mass is 10.2. The molecule has 2 nitrogen and oxygen atoms in total. The van der Waals surface area contributed by atoms with E-state index in [9.17, 15) is 9.18 Å². The Morgan fingerprint density at radius 2 is 2.33 bits per heavy atom. The van der Waals surface area contributed by atoms with Crippen molar-refractivity contribution in [1.29, 1.82) is 0 Å². The lowest BCUT2D eigenvalue weighted by Crippen LogP contribution is -2.10. The standard InChI is InChI=1S/C8H7BrFNO/c9-7-2-1-6(4-11-5-12)8(10)3-7/h1-3,5H,4H2,(H,11,12). The molecule has 1 amide bonds. The molecule has 0 fully saturated rings. The highest BCUT2D eigenvalue weighted by Gasteiger charge is 2.00. The number of carbonyl (C=O) groups excluding carboxylic acids is 1. The van der Waals surface area contributed by atoms with E-state index in [1.807, 2.05) is 0 Å². The van der Waals surface area contributed by atoms with Gasteiger partial charge in [-0.2, -0.15) is 0 Å². The third-order valence-electron chi connectivity index (χ3n) is 1.39. The van der Waals surface area contributed by atoms with Gasteiger partial charge in [0.2, 0.25) is 6.41 Å². The van der Waals surface area contributed by atoms with Crippen LogP contribution >= 0.6 is 15.9 Å². The minimum Gasteiger partial charge on any atom is -0.354 e. The maximum atomic E-state index is 13.0. The van der Waals surface area contributed by atoms with Crippen LogP contribution in [-0.4, -0.2) is 6.41 Å². The van der Waals surface area contributed by atoms with Gasteiger partial charge in [-0.25, -0.2) is 4.39 Å². The average molecular weight is 232 g/mol. The summed E-state index contributed by atoms with van der Waals surface area (Å²) in [7, 11) is 0. The minimum absolute atomic E-state index is 0.225. The van der Waals surface area contributed by atoms with E-state index >= 15 is 0 Å². The number of benzene rings is 1. The van der Waals surface area contributed by atoms with E-state index in [4.69, 9.17) is 0 Å². The second-order valence-electron chi connectivity index (χ2n) is 2.23. The van der Waals surface area contributed by atoms with E-state index in [0.29, 0.717) is 16.4 Å². The lowest BCUT2D eigenvalue weighted by molar-refractivity contribution is -0.109. The lowest BCUT2D eigenvalue weighted by Gasteiger charge is -2.01. The third kappa shape index (κ3) is 2.30. The van der Waals surface area contributed by atoms with Gasteiger partial charge in [0.1, 0.15) is 5.82 Å². The van der Waals surface area contributed by atoms with Gasteiger partial charge < -0.3 is 5.32 Å². The zero-order chi connectivity index (χ0) is 8.97. The van der Waals surface area contributed by atoms with Crippen LogP contribution in [0.4, 0.5) is 4.39 Å². The van der Waals surface area contributed by atoms with Crippen LogP contribution in [0.15, 0.2) is 22.7 Å². The molecule has 1 aromatic carbocycles. The maximum absolute atomic E-state index is 13.0. The molecule has 0 aliphatic carbocycles. The van der Waals surface area contributed by atoms with Gasteiger partial charge in [-0.15, -0.1) is 0 Å². The second-order valence-corrected chi connectivity index (χ2v) is 3.15. The molecule has 1 aromatic rings. The van der Waals surface area contributed by atoms with Crippen LogP contribution in [0.5, 0.6) is 0 Å². The minimum atomic E-state index is -0.321. The van der Waals surface area contributed by atoms with Crippen molar-refractivity contribution in [2.75, 3.05) is 0 Å². The number of nitrogens with one attached hydrogen (secondary N) is 1. The first-order valence-electron chi connectivity index (χ1n) is 3.35. The molecular weight excluding hydrogens is 225 g/mol. The molecule has 0 heterocycles. The van der Waals surface area contributed by atoms with Crippen molar-refractivity contribution in [2.45, 2.75) is 6.54 Å². The van der Waals surface area contributed by atoms with Gasteiger partial charge in [0.15, 0.2) is 0 Å². The first-order chi connectivity index (χ1) is 5.74. The van der Waals surface area contributed by atoms with E-state index in [1.54, 1.807) is 12.1 Å². The van der Waals surface area contributed by atoms with Crippen LogP contribution in [-0.2, 0) is 11.3 Å². The maximum Gasteiger partial charge on any atom is 0.207 e. The molecule has 0 saturated heterocycles. The van der Waals surface area contributed by atoms with E-state index < -0.39 is 0 Å². The summed E-state index contributed by atoms with van der Waals surface area (Å²) in [6.07, 6.45) is 0.543. The molecule has 0 aromatic heterocycles. The van der Waals surface area contributed by atoms with Gasteiger partial charge in [0, 0.05) is 16.6 Å². The molecule has 64 valence electrons. The smallest absolute Gasteiger partial charge is 0.207 e. The number of carbonyl (C=O) groups is 1. The number of amides is 1. The van der Waals surface area contributed by atoms with Crippen molar-refractivity contribution >= 4 is 22.3 Å². The molecule has 0 aliphatic rings.